The Morgan fingerprint density at radius 3 is 2.57 bits per heavy atom. The van der Waals surface area contributed by atoms with Crippen LogP contribution in [-0.4, -0.2) is 31.2 Å². The van der Waals surface area contributed by atoms with Crippen molar-refractivity contribution in [1.29, 1.82) is 0 Å². The lowest BCUT2D eigenvalue weighted by molar-refractivity contribution is -0.122. The summed E-state index contributed by atoms with van der Waals surface area (Å²) in [6, 6.07) is 0.333. The van der Waals surface area contributed by atoms with Crippen LogP contribution in [0.5, 0.6) is 0 Å². The molecule has 0 aromatic heterocycles. The molecule has 116 valence electrons. The third-order valence-electron chi connectivity index (χ3n) is 3.31. The fraction of sp³-hybridized carbons (Fsp3) is 0.417. The van der Waals surface area contributed by atoms with E-state index in [0.717, 1.165) is 10.4 Å². The first-order chi connectivity index (χ1) is 9.75. The normalized spacial score (nSPS) is 20.4. The number of benzene rings is 1. The monoisotopic (exact) mass is 382 g/mol. The van der Waals surface area contributed by atoms with E-state index >= 15 is 0 Å². The Morgan fingerprint density at radius 2 is 2.00 bits per heavy atom. The van der Waals surface area contributed by atoms with Crippen molar-refractivity contribution in [3.63, 3.8) is 0 Å². The number of sulfonamides is 1. The van der Waals surface area contributed by atoms with Gasteiger partial charge < -0.3 is 5.73 Å². The third kappa shape index (κ3) is 3.09. The maximum absolute atomic E-state index is 13.9. The van der Waals surface area contributed by atoms with Gasteiger partial charge in [-0.25, -0.2) is 17.2 Å². The zero-order valence-electron chi connectivity index (χ0n) is 10.9. The summed E-state index contributed by atoms with van der Waals surface area (Å²) in [5.74, 6) is -2.89. The number of hydrogen-bond acceptors (Lipinski definition) is 3. The van der Waals surface area contributed by atoms with E-state index in [1.54, 1.807) is 0 Å². The molecule has 1 aliphatic rings. The van der Waals surface area contributed by atoms with E-state index in [1.807, 2.05) is 0 Å². The highest BCUT2D eigenvalue weighted by Gasteiger charge is 2.39. The van der Waals surface area contributed by atoms with Crippen LogP contribution in [0.1, 0.15) is 19.3 Å². The summed E-state index contributed by atoms with van der Waals surface area (Å²) in [6.45, 7) is 0.0686. The smallest absolute Gasteiger partial charge is 0.247 e. The van der Waals surface area contributed by atoms with E-state index in [-0.39, 0.29) is 17.4 Å². The lowest BCUT2D eigenvalue weighted by Crippen LogP contribution is -2.50. The van der Waals surface area contributed by atoms with Crippen molar-refractivity contribution in [2.45, 2.75) is 30.2 Å². The molecule has 1 aromatic rings. The summed E-state index contributed by atoms with van der Waals surface area (Å²) in [5, 5.41) is 0. The number of rotatable bonds is 3. The number of halogens is 3. The van der Waals surface area contributed by atoms with Crippen LogP contribution in [0, 0.1) is 11.6 Å². The van der Waals surface area contributed by atoms with Gasteiger partial charge in [0.1, 0.15) is 22.6 Å². The van der Waals surface area contributed by atoms with Gasteiger partial charge in [-0.1, -0.05) is 6.42 Å². The minimum absolute atomic E-state index is 0.0686. The molecule has 1 atom stereocenters. The molecule has 5 nitrogen and oxygen atoms in total. The molecule has 1 aliphatic heterocycles. The summed E-state index contributed by atoms with van der Waals surface area (Å²) in [4.78, 5) is 10.7. The second-order valence-electron chi connectivity index (χ2n) is 4.73. The van der Waals surface area contributed by atoms with Crippen LogP contribution in [0.3, 0.4) is 0 Å². The molecule has 21 heavy (non-hydrogen) atoms. The van der Waals surface area contributed by atoms with Crippen molar-refractivity contribution < 1.29 is 22.0 Å². The first-order valence-electron chi connectivity index (χ1n) is 6.21. The highest BCUT2D eigenvalue weighted by Crippen LogP contribution is 2.32. The minimum atomic E-state index is -4.29. The number of carbonyl (C=O) groups is 1. The summed E-state index contributed by atoms with van der Waals surface area (Å²) in [6.07, 6.45) is 1.49. The van der Waals surface area contributed by atoms with Gasteiger partial charge in [-0.05, 0) is 34.8 Å². The Labute approximate surface area is 129 Å². The van der Waals surface area contributed by atoms with E-state index in [2.05, 4.69) is 15.9 Å². The molecule has 0 saturated carbocycles. The van der Waals surface area contributed by atoms with Crippen LogP contribution in [0.2, 0.25) is 0 Å². The van der Waals surface area contributed by atoms with E-state index in [4.69, 9.17) is 5.73 Å². The lowest BCUT2D eigenvalue weighted by atomic mass is 10.0. The topological polar surface area (TPSA) is 80.5 Å². The molecule has 0 aliphatic carbocycles. The predicted octanol–water partition coefficient (Wildman–Crippen LogP) is 1.76. The van der Waals surface area contributed by atoms with Crippen LogP contribution in [0.15, 0.2) is 21.5 Å². The van der Waals surface area contributed by atoms with Gasteiger partial charge in [-0.3, -0.25) is 4.79 Å². The van der Waals surface area contributed by atoms with E-state index in [0.29, 0.717) is 18.9 Å². The lowest BCUT2D eigenvalue weighted by Gasteiger charge is -2.32. The van der Waals surface area contributed by atoms with E-state index < -0.39 is 38.5 Å². The van der Waals surface area contributed by atoms with Gasteiger partial charge in [0, 0.05) is 17.1 Å². The van der Waals surface area contributed by atoms with Gasteiger partial charge in [0.05, 0.1) is 0 Å². The Balaban J connectivity index is 2.53. The molecule has 0 radical (unpaired) electrons. The Kier molecular flexibility index (Phi) is 4.64. The largest absolute Gasteiger partial charge is 0.368 e. The summed E-state index contributed by atoms with van der Waals surface area (Å²) in [7, 11) is -4.29. The van der Waals surface area contributed by atoms with Crippen molar-refractivity contribution >= 4 is 31.9 Å². The zero-order chi connectivity index (χ0) is 15.8. The molecular formula is C12H13BrF2N2O3S. The first kappa shape index (κ1) is 16.3. The molecule has 1 heterocycles. The molecule has 2 rings (SSSR count). The van der Waals surface area contributed by atoms with E-state index in [9.17, 15) is 22.0 Å². The number of nitrogens with zero attached hydrogens (tertiary/aromatic N) is 1. The van der Waals surface area contributed by atoms with Gasteiger partial charge in [0.2, 0.25) is 15.9 Å². The molecule has 1 aromatic carbocycles. The maximum atomic E-state index is 13.9. The number of nitrogens with two attached hydrogens (primary N) is 1. The van der Waals surface area contributed by atoms with Crippen molar-refractivity contribution in [3.8, 4) is 0 Å². The van der Waals surface area contributed by atoms with Gasteiger partial charge in [-0.2, -0.15) is 4.31 Å². The Hall–Kier alpha value is -1.06. The highest BCUT2D eigenvalue weighted by atomic mass is 79.9. The summed E-state index contributed by atoms with van der Waals surface area (Å²) >= 11 is 2.86. The minimum Gasteiger partial charge on any atom is -0.368 e. The molecule has 9 heteroatoms. The van der Waals surface area contributed by atoms with Gasteiger partial charge in [0.25, 0.3) is 0 Å². The van der Waals surface area contributed by atoms with Crippen LogP contribution in [-0.2, 0) is 14.8 Å². The fourth-order valence-electron chi connectivity index (χ4n) is 2.37. The van der Waals surface area contributed by atoms with Gasteiger partial charge in [-0.15, -0.1) is 0 Å². The Morgan fingerprint density at radius 1 is 1.33 bits per heavy atom. The van der Waals surface area contributed by atoms with Crippen LogP contribution >= 0.6 is 15.9 Å². The zero-order valence-corrected chi connectivity index (χ0v) is 13.3. The molecule has 0 spiro atoms. The summed E-state index contributed by atoms with van der Waals surface area (Å²) in [5.41, 5.74) is 5.22. The van der Waals surface area contributed by atoms with Gasteiger partial charge >= 0.3 is 0 Å². The Bertz CT molecular complexity index is 658. The molecular weight excluding hydrogens is 370 g/mol. The number of carbonyl (C=O) groups excluding carboxylic acids is 1. The van der Waals surface area contributed by atoms with Crippen LogP contribution in [0.25, 0.3) is 0 Å². The fourth-order valence-corrected chi connectivity index (χ4v) is 5.15. The average molecular weight is 383 g/mol. The first-order valence-corrected chi connectivity index (χ1v) is 8.44. The summed E-state index contributed by atoms with van der Waals surface area (Å²) < 4.78 is 52.8. The van der Waals surface area contributed by atoms with Crippen molar-refractivity contribution in [2.75, 3.05) is 6.54 Å². The molecule has 1 fully saturated rings. The second-order valence-corrected chi connectivity index (χ2v) is 7.41. The SMILES string of the molecule is NC(=O)C1CCCCN1S(=O)(=O)c1c(F)cc(F)cc1Br. The quantitative estimate of drug-likeness (QED) is 0.864. The van der Waals surface area contributed by atoms with Crippen molar-refractivity contribution in [2.24, 2.45) is 5.73 Å². The number of hydrogen-bond donors (Lipinski definition) is 1. The predicted molar refractivity (Wildman–Crippen MR) is 74.8 cm³/mol. The molecule has 0 bridgehead atoms. The van der Waals surface area contributed by atoms with Crippen LogP contribution < -0.4 is 5.73 Å². The number of primary amides is 1. The number of piperidine rings is 1. The molecule has 1 amide bonds. The van der Waals surface area contributed by atoms with Gasteiger partial charge in [0.15, 0.2) is 0 Å². The highest BCUT2D eigenvalue weighted by molar-refractivity contribution is 9.10. The maximum Gasteiger partial charge on any atom is 0.247 e. The number of amides is 1. The van der Waals surface area contributed by atoms with Crippen molar-refractivity contribution in [1.82, 2.24) is 4.31 Å². The molecule has 2 N–H and O–H groups in total. The van der Waals surface area contributed by atoms with E-state index in [1.165, 1.54) is 0 Å². The molecule has 1 unspecified atom stereocenters. The molecule has 1 saturated heterocycles. The van der Waals surface area contributed by atoms with Crippen molar-refractivity contribution in [3.05, 3.63) is 28.2 Å². The average Bonchev–Trinajstić information content (AvgIpc) is 2.37. The second kappa shape index (κ2) is 5.98. The standard InChI is InChI=1S/C12H13BrF2N2O3S/c13-8-5-7(14)6-9(15)11(8)21(19,20)17-4-2-1-3-10(17)12(16)18/h5-6,10H,1-4H2,(H2,16,18). The third-order valence-corrected chi connectivity index (χ3v) is 6.19. The van der Waals surface area contributed by atoms with Crippen LogP contribution in [0.4, 0.5) is 8.78 Å².